The van der Waals surface area contributed by atoms with Gasteiger partial charge < -0.3 is 5.11 Å². The molecule has 0 aromatic heterocycles. The third kappa shape index (κ3) is 3.03. The average Bonchev–Trinajstić information content (AvgIpc) is 2.35. The number of likely N-dealkylation sites (tertiary alicyclic amines) is 1. The number of carbonyl (C=O) groups is 1. The third-order valence-electron chi connectivity index (χ3n) is 3.80. The number of halogens is 1. The summed E-state index contributed by atoms with van der Waals surface area (Å²) < 4.78 is 0. The SMILES string of the molecule is CC1(C(=O)O)CCN(Cc2ccc(Cl)cc2)CC1. The Bertz CT molecular complexity index is 422. The van der Waals surface area contributed by atoms with Crippen molar-refractivity contribution >= 4 is 17.6 Å². The van der Waals surface area contributed by atoms with E-state index in [0.717, 1.165) is 37.5 Å². The number of hydrogen-bond acceptors (Lipinski definition) is 2. The quantitative estimate of drug-likeness (QED) is 0.915. The molecule has 0 aliphatic carbocycles. The van der Waals surface area contributed by atoms with Crippen molar-refractivity contribution in [3.8, 4) is 0 Å². The average molecular weight is 268 g/mol. The number of piperidine rings is 1. The van der Waals surface area contributed by atoms with Crippen molar-refractivity contribution in [1.82, 2.24) is 4.90 Å². The van der Waals surface area contributed by atoms with E-state index in [-0.39, 0.29) is 0 Å². The molecule has 1 aromatic carbocycles. The van der Waals surface area contributed by atoms with Crippen molar-refractivity contribution in [2.24, 2.45) is 5.41 Å². The summed E-state index contributed by atoms with van der Waals surface area (Å²) in [7, 11) is 0. The van der Waals surface area contributed by atoms with Crippen LogP contribution in [0.1, 0.15) is 25.3 Å². The number of hydrogen-bond donors (Lipinski definition) is 1. The molecular formula is C14H18ClNO2. The molecule has 3 nitrogen and oxygen atoms in total. The summed E-state index contributed by atoms with van der Waals surface area (Å²) in [6.45, 7) is 4.39. The lowest BCUT2D eigenvalue weighted by atomic mass is 9.80. The summed E-state index contributed by atoms with van der Waals surface area (Å²) in [4.78, 5) is 13.4. The van der Waals surface area contributed by atoms with Gasteiger partial charge in [-0.3, -0.25) is 9.69 Å². The van der Waals surface area contributed by atoms with Gasteiger partial charge in [0, 0.05) is 11.6 Å². The van der Waals surface area contributed by atoms with Gasteiger partial charge in [0.05, 0.1) is 5.41 Å². The highest BCUT2D eigenvalue weighted by atomic mass is 35.5. The molecule has 18 heavy (non-hydrogen) atoms. The zero-order chi connectivity index (χ0) is 13.2. The molecule has 0 bridgehead atoms. The van der Waals surface area contributed by atoms with E-state index in [1.807, 2.05) is 31.2 Å². The molecule has 0 atom stereocenters. The van der Waals surface area contributed by atoms with E-state index >= 15 is 0 Å². The molecule has 1 aromatic rings. The Morgan fingerprint density at radius 1 is 1.33 bits per heavy atom. The Kier molecular flexibility index (Phi) is 3.93. The van der Waals surface area contributed by atoms with E-state index in [9.17, 15) is 9.90 Å². The summed E-state index contributed by atoms with van der Waals surface area (Å²) in [6, 6.07) is 7.82. The fourth-order valence-corrected chi connectivity index (χ4v) is 2.39. The van der Waals surface area contributed by atoms with Gasteiger partial charge in [0.1, 0.15) is 0 Å². The molecule has 0 amide bonds. The van der Waals surface area contributed by atoms with Crippen molar-refractivity contribution in [2.75, 3.05) is 13.1 Å². The Balaban J connectivity index is 1.91. The second kappa shape index (κ2) is 5.29. The summed E-state index contributed by atoms with van der Waals surface area (Å²) in [5, 5.41) is 9.92. The van der Waals surface area contributed by atoms with E-state index < -0.39 is 11.4 Å². The van der Waals surface area contributed by atoms with Gasteiger partial charge in [-0.05, 0) is 50.6 Å². The van der Waals surface area contributed by atoms with Crippen molar-refractivity contribution in [2.45, 2.75) is 26.3 Å². The fourth-order valence-electron chi connectivity index (χ4n) is 2.27. The highest BCUT2D eigenvalue weighted by Crippen LogP contribution is 2.31. The van der Waals surface area contributed by atoms with E-state index in [2.05, 4.69) is 4.90 Å². The van der Waals surface area contributed by atoms with Crippen LogP contribution in [0.4, 0.5) is 0 Å². The summed E-state index contributed by atoms with van der Waals surface area (Å²) in [5.74, 6) is -0.673. The maximum absolute atomic E-state index is 11.1. The van der Waals surface area contributed by atoms with E-state index in [0.29, 0.717) is 0 Å². The largest absolute Gasteiger partial charge is 0.481 e. The number of rotatable bonds is 3. The van der Waals surface area contributed by atoms with Crippen molar-refractivity contribution in [3.63, 3.8) is 0 Å². The molecule has 1 aliphatic heterocycles. The van der Waals surface area contributed by atoms with Crippen LogP contribution in [-0.2, 0) is 11.3 Å². The van der Waals surface area contributed by atoms with Crippen LogP contribution in [0.15, 0.2) is 24.3 Å². The number of carboxylic acid groups (broad SMARTS) is 1. The number of carboxylic acids is 1. The molecule has 1 saturated heterocycles. The van der Waals surface area contributed by atoms with Crippen LogP contribution in [0.2, 0.25) is 5.02 Å². The molecule has 0 unspecified atom stereocenters. The van der Waals surface area contributed by atoms with Gasteiger partial charge in [0.2, 0.25) is 0 Å². The van der Waals surface area contributed by atoms with Crippen LogP contribution in [0.25, 0.3) is 0 Å². The molecule has 0 spiro atoms. The minimum absolute atomic E-state index is 0.545. The molecule has 0 radical (unpaired) electrons. The van der Waals surface area contributed by atoms with Gasteiger partial charge in [-0.15, -0.1) is 0 Å². The lowest BCUT2D eigenvalue weighted by molar-refractivity contribution is -0.150. The third-order valence-corrected chi connectivity index (χ3v) is 4.05. The second-order valence-corrected chi connectivity index (χ2v) is 5.70. The second-order valence-electron chi connectivity index (χ2n) is 5.27. The van der Waals surface area contributed by atoms with Crippen LogP contribution in [0.5, 0.6) is 0 Å². The molecule has 0 saturated carbocycles. The van der Waals surface area contributed by atoms with Crippen LogP contribution in [0.3, 0.4) is 0 Å². The normalized spacial score (nSPS) is 19.7. The van der Waals surface area contributed by atoms with Crippen LogP contribution in [0, 0.1) is 5.41 Å². The van der Waals surface area contributed by atoms with E-state index in [1.165, 1.54) is 5.56 Å². The molecule has 1 heterocycles. The summed E-state index contributed by atoms with van der Waals surface area (Å²) in [5.41, 5.74) is 0.676. The summed E-state index contributed by atoms with van der Waals surface area (Å²) in [6.07, 6.45) is 1.44. The molecule has 1 aliphatic rings. The first kappa shape index (κ1) is 13.4. The van der Waals surface area contributed by atoms with Gasteiger partial charge in [-0.25, -0.2) is 0 Å². The molecule has 98 valence electrons. The van der Waals surface area contributed by atoms with Crippen LogP contribution in [-0.4, -0.2) is 29.1 Å². The Morgan fingerprint density at radius 2 is 1.89 bits per heavy atom. The monoisotopic (exact) mass is 267 g/mol. The number of nitrogens with zero attached hydrogens (tertiary/aromatic N) is 1. The fraction of sp³-hybridized carbons (Fsp3) is 0.500. The van der Waals surface area contributed by atoms with Gasteiger partial charge in [-0.2, -0.15) is 0 Å². The molecule has 4 heteroatoms. The molecule has 2 rings (SSSR count). The topological polar surface area (TPSA) is 40.5 Å². The smallest absolute Gasteiger partial charge is 0.309 e. The Morgan fingerprint density at radius 3 is 2.39 bits per heavy atom. The molecular weight excluding hydrogens is 250 g/mol. The van der Waals surface area contributed by atoms with Crippen molar-refractivity contribution in [3.05, 3.63) is 34.9 Å². The van der Waals surface area contributed by atoms with Crippen molar-refractivity contribution < 1.29 is 9.90 Å². The predicted octanol–water partition coefficient (Wildman–Crippen LogP) is 3.03. The number of aliphatic carboxylic acids is 1. The maximum atomic E-state index is 11.1. The van der Waals surface area contributed by atoms with E-state index in [4.69, 9.17) is 11.6 Å². The Labute approximate surface area is 112 Å². The van der Waals surface area contributed by atoms with Gasteiger partial charge in [0.25, 0.3) is 0 Å². The summed E-state index contributed by atoms with van der Waals surface area (Å²) >= 11 is 5.85. The minimum atomic E-state index is -0.673. The van der Waals surface area contributed by atoms with Gasteiger partial charge in [-0.1, -0.05) is 23.7 Å². The zero-order valence-electron chi connectivity index (χ0n) is 10.5. The Hall–Kier alpha value is -1.06. The van der Waals surface area contributed by atoms with Gasteiger partial charge >= 0.3 is 5.97 Å². The first-order valence-electron chi connectivity index (χ1n) is 6.20. The number of benzene rings is 1. The standard InChI is InChI=1S/C14H18ClNO2/c1-14(13(17)18)6-8-16(9-7-14)10-11-2-4-12(15)5-3-11/h2-5H,6-10H2,1H3,(H,17,18). The van der Waals surface area contributed by atoms with E-state index in [1.54, 1.807) is 0 Å². The molecule has 1 fully saturated rings. The highest BCUT2D eigenvalue weighted by Gasteiger charge is 2.36. The minimum Gasteiger partial charge on any atom is -0.481 e. The lowest BCUT2D eigenvalue weighted by Gasteiger charge is -2.36. The van der Waals surface area contributed by atoms with Crippen LogP contribution >= 0.6 is 11.6 Å². The van der Waals surface area contributed by atoms with Crippen molar-refractivity contribution in [1.29, 1.82) is 0 Å². The first-order valence-corrected chi connectivity index (χ1v) is 6.58. The lowest BCUT2D eigenvalue weighted by Crippen LogP contribution is -2.42. The zero-order valence-corrected chi connectivity index (χ0v) is 11.3. The predicted molar refractivity (Wildman–Crippen MR) is 71.7 cm³/mol. The van der Waals surface area contributed by atoms with Gasteiger partial charge in [0.15, 0.2) is 0 Å². The van der Waals surface area contributed by atoms with Crippen LogP contribution < -0.4 is 0 Å². The molecule has 1 N–H and O–H groups in total. The first-order chi connectivity index (χ1) is 8.49. The maximum Gasteiger partial charge on any atom is 0.309 e. The highest BCUT2D eigenvalue weighted by molar-refractivity contribution is 6.30.